The van der Waals surface area contributed by atoms with Gasteiger partial charge in [0.05, 0.1) is 12.8 Å². The Hall–Kier alpha value is -2.46. The molecule has 1 saturated heterocycles. The second-order valence-corrected chi connectivity index (χ2v) is 5.92. The molecule has 0 bridgehead atoms. The number of Topliss-reactive ketones (excluding diaryl/α,β-unsaturated/α-hetero) is 1. The summed E-state index contributed by atoms with van der Waals surface area (Å²) in [7, 11) is 1.62. The molecule has 1 N–H and O–H groups in total. The molecule has 5 heteroatoms. The number of fused-ring (bicyclic) bond motifs is 1. The number of anilines is 1. The molecule has 116 valence electrons. The summed E-state index contributed by atoms with van der Waals surface area (Å²) in [6, 6.07) is 15.1. The quantitative estimate of drug-likeness (QED) is 0.587. The van der Waals surface area contributed by atoms with Crippen molar-refractivity contribution in [2.45, 2.75) is 11.5 Å². The van der Waals surface area contributed by atoms with E-state index >= 15 is 0 Å². The number of aromatic amines is 1. The number of H-pyrrole nitrogens is 1. The molecule has 0 saturated carbocycles. The molecule has 4 nitrogen and oxygen atoms in total. The molecule has 0 aliphatic carbocycles. The highest BCUT2D eigenvalue weighted by Crippen LogP contribution is 2.46. The van der Waals surface area contributed by atoms with Crippen LogP contribution in [0.2, 0.25) is 0 Å². The molecule has 2 aromatic carbocycles. The molecule has 1 aliphatic heterocycles. The maximum absolute atomic E-state index is 12.5. The topological polar surface area (TPSA) is 45.3 Å². The summed E-state index contributed by atoms with van der Waals surface area (Å²) < 4.78 is 5.42. The van der Waals surface area contributed by atoms with E-state index in [1.54, 1.807) is 7.11 Å². The number of hydrogen-bond donors (Lipinski definition) is 1. The summed E-state index contributed by atoms with van der Waals surface area (Å²) in [4.78, 5) is 17.6. The third kappa shape index (κ3) is 2.02. The number of alkyl halides is 1. The van der Waals surface area contributed by atoms with Crippen LogP contribution in [0.25, 0.3) is 10.9 Å². The molecule has 1 aromatic heterocycles. The number of nitrogens with zero attached hydrogens (tertiary/aromatic N) is 1. The van der Waals surface area contributed by atoms with E-state index in [1.807, 2.05) is 59.6 Å². The van der Waals surface area contributed by atoms with Crippen LogP contribution in [0.5, 0.6) is 5.75 Å². The lowest BCUT2D eigenvalue weighted by atomic mass is 9.91. The van der Waals surface area contributed by atoms with Crippen LogP contribution in [0.4, 0.5) is 5.69 Å². The average molecular weight is 327 g/mol. The van der Waals surface area contributed by atoms with Crippen LogP contribution >= 0.6 is 11.6 Å². The summed E-state index contributed by atoms with van der Waals surface area (Å²) in [5.74, 6) is 0.706. The van der Waals surface area contributed by atoms with Crippen LogP contribution in [-0.2, 0) is 4.79 Å². The third-order valence-electron chi connectivity index (χ3n) is 4.31. The fourth-order valence-corrected chi connectivity index (χ4v) is 3.52. The van der Waals surface area contributed by atoms with E-state index in [0.29, 0.717) is 5.75 Å². The largest absolute Gasteiger partial charge is 0.495 e. The number of halogens is 1. The average Bonchev–Trinajstić information content (AvgIpc) is 3.02. The van der Waals surface area contributed by atoms with Crippen LogP contribution in [0, 0.1) is 0 Å². The van der Waals surface area contributed by atoms with Gasteiger partial charge in [-0.2, -0.15) is 0 Å². The van der Waals surface area contributed by atoms with Gasteiger partial charge in [-0.25, -0.2) is 0 Å². The third-order valence-corrected chi connectivity index (χ3v) is 4.73. The number of carbonyl (C=O) groups excluding carboxylic acids is 1. The highest BCUT2D eigenvalue weighted by atomic mass is 35.5. The lowest BCUT2D eigenvalue weighted by Crippen LogP contribution is -2.56. The first-order valence-electron chi connectivity index (χ1n) is 7.37. The van der Waals surface area contributed by atoms with Gasteiger partial charge in [-0.1, -0.05) is 41.9 Å². The van der Waals surface area contributed by atoms with E-state index in [2.05, 4.69) is 4.98 Å². The first-order chi connectivity index (χ1) is 11.2. The van der Waals surface area contributed by atoms with Gasteiger partial charge in [-0.3, -0.25) is 4.79 Å². The Morgan fingerprint density at radius 3 is 2.70 bits per heavy atom. The minimum atomic E-state index is -0.676. The van der Waals surface area contributed by atoms with Crippen molar-refractivity contribution in [1.29, 1.82) is 0 Å². The maximum Gasteiger partial charge on any atom is 0.197 e. The number of carbonyl (C=O) groups is 1. The second kappa shape index (κ2) is 5.32. The molecule has 4 rings (SSSR count). The van der Waals surface area contributed by atoms with Gasteiger partial charge in [0, 0.05) is 22.7 Å². The maximum atomic E-state index is 12.5. The Bertz CT molecular complexity index is 889. The summed E-state index contributed by atoms with van der Waals surface area (Å²) in [5, 5.41) is 1.04. The summed E-state index contributed by atoms with van der Waals surface area (Å²) in [6.07, 6.45) is 1.89. The van der Waals surface area contributed by atoms with Gasteiger partial charge in [0.25, 0.3) is 0 Å². The fourth-order valence-electron chi connectivity index (χ4n) is 3.18. The molecular formula is C18H15ClN2O2. The molecule has 0 radical (unpaired) electrons. The zero-order valence-electron chi connectivity index (χ0n) is 12.5. The van der Waals surface area contributed by atoms with Crippen molar-refractivity contribution < 1.29 is 9.53 Å². The molecular weight excluding hydrogens is 312 g/mol. The number of ether oxygens (including phenoxy) is 1. The number of rotatable bonds is 3. The van der Waals surface area contributed by atoms with Crippen LogP contribution < -0.4 is 9.64 Å². The monoisotopic (exact) mass is 326 g/mol. The first-order valence-corrected chi connectivity index (χ1v) is 7.81. The van der Waals surface area contributed by atoms with E-state index in [9.17, 15) is 4.79 Å². The van der Waals surface area contributed by atoms with Gasteiger partial charge in [0.15, 0.2) is 11.3 Å². The molecule has 2 unspecified atom stereocenters. The van der Waals surface area contributed by atoms with E-state index in [-0.39, 0.29) is 5.78 Å². The summed E-state index contributed by atoms with van der Waals surface area (Å²) in [5.41, 5.74) is 2.09. The highest BCUT2D eigenvalue weighted by Gasteiger charge is 2.49. The molecule has 0 amide bonds. The summed E-state index contributed by atoms with van der Waals surface area (Å²) >= 11 is 6.30. The number of aromatic nitrogens is 1. The van der Waals surface area contributed by atoms with E-state index < -0.39 is 11.5 Å². The van der Waals surface area contributed by atoms with Gasteiger partial charge in [0.2, 0.25) is 0 Å². The van der Waals surface area contributed by atoms with Crippen molar-refractivity contribution in [2.75, 3.05) is 12.0 Å². The van der Waals surface area contributed by atoms with Crippen molar-refractivity contribution in [3.63, 3.8) is 0 Å². The first kappa shape index (κ1) is 14.2. The van der Waals surface area contributed by atoms with E-state index in [0.717, 1.165) is 22.2 Å². The van der Waals surface area contributed by atoms with Crippen molar-refractivity contribution in [1.82, 2.24) is 4.98 Å². The van der Waals surface area contributed by atoms with Crippen LogP contribution in [0.1, 0.15) is 11.6 Å². The lowest BCUT2D eigenvalue weighted by molar-refractivity contribution is -0.124. The van der Waals surface area contributed by atoms with Crippen molar-refractivity contribution in [2.24, 2.45) is 0 Å². The second-order valence-electron chi connectivity index (χ2n) is 5.51. The van der Waals surface area contributed by atoms with Gasteiger partial charge in [-0.05, 0) is 18.2 Å². The van der Waals surface area contributed by atoms with Crippen molar-refractivity contribution in [3.05, 3.63) is 60.3 Å². The van der Waals surface area contributed by atoms with E-state index in [1.165, 1.54) is 0 Å². The molecule has 2 heterocycles. The van der Waals surface area contributed by atoms with Crippen LogP contribution in [0.3, 0.4) is 0 Å². The Balaban J connectivity index is 1.82. The Morgan fingerprint density at radius 1 is 1.13 bits per heavy atom. The van der Waals surface area contributed by atoms with Crippen molar-refractivity contribution in [3.8, 4) is 5.75 Å². The smallest absolute Gasteiger partial charge is 0.197 e. The number of benzene rings is 2. The lowest BCUT2D eigenvalue weighted by Gasteiger charge is -2.45. The number of para-hydroxylation sites is 3. The Kier molecular flexibility index (Phi) is 3.27. The van der Waals surface area contributed by atoms with Gasteiger partial charge in [-0.15, -0.1) is 0 Å². The Labute approximate surface area is 138 Å². The van der Waals surface area contributed by atoms with E-state index in [4.69, 9.17) is 16.3 Å². The number of nitrogens with one attached hydrogen (secondary N) is 1. The highest BCUT2D eigenvalue weighted by molar-refractivity contribution is 6.37. The van der Waals surface area contributed by atoms with Gasteiger partial charge >= 0.3 is 0 Å². The number of methoxy groups -OCH3 is 1. The molecule has 1 fully saturated rings. The SMILES string of the molecule is COc1ccccc1N1C(Cl)C(=O)C1c1c[nH]c2ccccc12. The number of ketones is 1. The predicted molar refractivity (Wildman–Crippen MR) is 91.2 cm³/mol. The van der Waals surface area contributed by atoms with Gasteiger partial charge < -0.3 is 14.6 Å². The molecule has 23 heavy (non-hydrogen) atoms. The molecule has 3 aromatic rings. The predicted octanol–water partition coefficient (Wildman–Crippen LogP) is 3.87. The zero-order chi connectivity index (χ0) is 16.0. The molecule has 0 spiro atoms. The van der Waals surface area contributed by atoms with Crippen LogP contribution in [0.15, 0.2) is 54.7 Å². The molecule has 2 atom stereocenters. The minimum Gasteiger partial charge on any atom is -0.495 e. The number of hydrogen-bond acceptors (Lipinski definition) is 3. The fraction of sp³-hybridized carbons (Fsp3) is 0.167. The Morgan fingerprint density at radius 2 is 1.87 bits per heavy atom. The normalized spacial score (nSPS) is 20.6. The standard InChI is InChI=1S/C18H15ClN2O2/c1-23-15-9-5-4-8-14(15)21-16(17(22)18(21)19)12-10-20-13-7-3-2-6-11(12)13/h2-10,16,18,20H,1H3. The van der Waals surface area contributed by atoms with Gasteiger partial charge in [0.1, 0.15) is 11.8 Å². The zero-order valence-corrected chi connectivity index (χ0v) is 13.2. The molecule has 1 aliphatic rings. The summed E-state index contributed by atoms with van der Waals surface area (Å²) in [6.45, 7) is 0. The van der Waals surface area contributed by atoms with Crippen molar-refractivity contribution >= 4 is 34.0 Å². The minimum absolute atomic E-state index is 0.00215. The van der Waals surface area contributed by atoms with Crippen LogP contribution in [-0.4, -0.2) is 23.4 Å².